The zero-order valence-corrected chi connectivity index (χ0v) is 11.8. The number of carbonyl (C=O) groups is 1. The second kappa shape index (κ2) is 5.15. The van der Waals surface area contributed by atoms with Crippen molar-refractivity contribution >= 4 is 11.9 Å². The molecule has 1 fully saturated rings. The van der Waals surface area contributed by atoms with Crippen LogP contribution in [-0.4, -0.2) is 34.1 Å². The zero-order valence-electron chi connectivity index (χ0n) is 11.8. The lowest BCUT2D eigenvalue weighted by atomic mass is 9.89. The Bertz CT molecular complexity index is 443. The first kappa shape index (κ1) is 13.8. The fraction of sp³-hybridized carbons (Fsp3) is 0.643. The van der Waals surface area contributed by atoms with Crippen LogP contribution < -0.4 is 4.90 Å². The van der Waals surface area contributed by atoms with E-state index in [-0.39, 0.29) is 11.3 Å². The van der Waals surface area contributed by atoms with Crippen LogP contribution >= 0.6 is 0 Å². The first-order valence-corrected chi connectivity index (χ1v) is 6.68. The molecule has 19 heavy (non-hydrogen) atoms. The van der Waals surface area contributed by atoms with E-state index in [9.17, 15) is 4.79 Å². The molecule has 5 heteroatoms. The minimum absolute atomic E-state index is 0.0504. The molecule has 1 aromatic heterocycles. The molecule has 0 aromatic carbocycles. The van der Waals surface area contributed by atoms with Gasteiger partial charge >= 0.3 is 5.97 Å². The van der Waals surface area contributed by atoms with E-state index >= 15 is 0 Å². The largest absolute Gasteiger partial charge is 0.481 e. The summed E-state index contributed by atoms with van der Waals surface area (Å²) in [6.07, 6.45) is 5.07. The summed E-state index contributed by atoms with van der Waals surface area (Å²) in [5.74, 6) is -0.203. The van der Waals surface area contributed by atoms with Crippen LogP contribution in [0.15, 0.2) is 12.4 Å². The molecule has 1 N–H and O–H groups in total. The van der Waals surface area contributed by atoms with Crippen molar-refractivity contribution < 1.29 is 9.90 Å². The van der Waals surface area contributed by atoms with Crippen molar-refractivity contribution in [3.05, 3.63) is 18.0 Å². The Balaban J connectivity index is 2.02. The lowest BCUT2D eigenvalue weighted by Gasteiger charge is -2.30. The van der Waals surface area contributed by atoms with Gasteiger partial charge < -0.3 is 10.0 Å². The molecule has 0 unspecified atom stereocenters. The molecule has 1 aromatic rings. The van der Waals surface area contributed by atoms with Crippen LogP contribution in [0.1, 0.15) is 39.2 Å². The van der Waals surface area contributed by atoms with E-state index in [2.05, 4.69) is 35.6 Å². The molecule has 0 spiro atoms. The number of carboxylic acid groups (broad SMARTS) is 1. The van der Waals surface area contributed by atoms with E-state index in [0.717, 1.165) is 5.56 Å². The van der Waals surface area contributed by atoms with Gasteiger partial charge in [0.1, 0.15) is 0 Å². The number of anilines is 1. The third-order valence-electron chi connectivity index (χ3n) is 3.63. The number of aliphatic carboxylic acids is 1. The fourth-order valence-corrected chi connectivity index (χ4v) is 2.20. The quantitative estimate of drug-likeness (QED) is 0.884. The lowest BCUT2D eigenvalue weighted by molar-refractivity contribution is -0.142. The Morgan fingerprint density at radius 2 is 1.79 bits per heavy atom. The van der Waals surface area contributed by atoms with Gasteiger partial charge in [-0.05, 0) is 23.8 Å². The highest BCUT2D eigenvalue weighted by atomic mass is 16.4. The summed E-state index contributed by atoms with van der Waals surface area (Å²) in [4.78, 5) is 21.8. The highest BCUT2D eigenvalue weighted by Gasteiger charge is 2.25. The molecular weight excluding hydrogens is 242 g/mol. The minimum atomic E-state index is -0.691. The van der Waals surface area contributed by atoms with E-state index in [1.807, 2.05) is 12.4 Å². The van der Waals surface area contributed by atoms with Gasteiger partial charge in [0.2, 0.25) is 5.95 Å². The molecule has 0 amide bonds. The van der Waals surface area contributed by atoms with Crippen molar-refractivity contribution in [2.24, 2.45) is 5.92 Å². The predicted octanol–water partition coefficient (Wildman–Crippen LogP) is 2.08. The summed E-state index contributed by atoms with van der Waals surface area (Å²) in [6.45, 7) is 7.81. The third kappa shape index (κ3) is 3.22. The maximum Gasteiger partial charge on any atom is 0.306 e. The number of rotatable bonds is 2. The first-order valence-electron chi connectivity index (χ1n) is 6.68. The maximum absolute atomic E-state index is 10.9. The predicted molar refractivity (Wildman–Crippen MR) is 73.3 cm³/mol. The molecule has 5 nitrogen and oxygen atoms in total. The second-order valence-electron chi connectivity index (χ2n) is 6.12. The average molecular weight is 263 g/mol. The van der Waals surface area contributed by atoms with Gasteiger partial charge in [0, 0.05) is 25.5 Å². The van der Waals surface area contributed by atoms with Crippen LogP contribution in [0.25, 0.3) is 0 Å². The topological polar surface area (TPSA) is 66.3 Å². The van der Waals surface area contributed by atoms with Crippen molar-refractivity contribution in [1.29, 1.82) is 0 Å². The van der Waals surface area contributed by atoms with Crippen molar-refractivity contribution in [3.63, 3.8) is 0 Å². The number of carboxylic acids is 1. The standard InChI is InChI=1S/C14H21N3O2/c1-14(2,3)11-8-15-13(16-9-11)17-6-4-10(5-7-17)12(18)19/h8-10H,4-7H2,1-3H3,(H,18,19). The molecule has 2 heterocycles. The van der Waals surface area contributed by atoms with Crippen molar-refractivity contribution in [1.82, 2.24) is 9.97 Å². The Morgan fingerprint density at radius 1 is 1.26 bits per heavy atom. The van der Waals surface area contributed by atoms with Gasteiger partial charge in [-0.1, -0.05) is 20.8 Å². The molecule has 1 aliphatic heterocycles. The number of hydrogen-bond donors (Lipinski definition) is 1. The van der Waals surface area contributed by atoms with E-state index in [0.29, 0.717) is 31.9 Å². The van der Waals surface area contributed by atoms with Gasteiger partial charge in [-0.25, -0.2) is 9.97 Å². The Kier molecular flexibility index (Phi) is 3.73. The molecule has 0 atom stereocenters. The van der Waals surface area contributed by atoms with Gasteiger partial charge in [-0.3, -0.25) is 4.79 Å². The monoisotopic (exact) mass is 263 g/mol. The molecule has 1 saturated heterocycles. The van der Waals surface area contributed by atoms with Crippen LogP contribution in [0.5, 0.6) is 0 Å². The van der Waals surface area contributed by atoms with Crippen LogP contribution in [0, 0.1) is 5.92 Å². The van der Waals surface area contributed by atoms with Gasteiger partial charge in [0.15, 0.2) is 0 Å². The molecule has 0 radical (unpaired) electrons. The smallest absolute Gasteiger partial charge is 0.306 e. The summed E-state index contributed by atoms with van der Waals surface area (Å²) < 4.78 is 0. The Labute approximate surface area is 113 Å². The van der Waals surface area contributed by atoms with E-state index in [1.54, 1.807) is 0 Å². The van der Waals surface area contributed by atoms with Crippen LogP contribution in [0.2, 0.25) is 0 Å². The summed E-state index contributed by atoms with van der Waals surface area (Å²) in [7, 11) is 0. The highest BCUT2D eigenvalue weighted by Crippen LogP contribution is 2.23. The summed E-state index contributed by atoms with van der Waals surface area (Å²) in [5.41, 5.74) is 1.16. The molecule has 0 aliphatic carbocycles. The molecule has 104 valence electrons. The van der Waals surface area contributed by atoms with Crippen molar-refractivity contribution in [2.45, 2.75) is 39.0 Å². The average Bonchev–Trinajstić information content (AvgIpc) is 2.38. The number of hydrogen-bond acceptors (Lipinski definition) is 4. The number of aromatic nitrogens is 2. The lowest BCUT2D eigenvalue weighted by Crippen LogP contribution is -2.37. The molecule has 1 aliphatic rings. The van der Waals surface area contributed by atoms with E-state index < -0.39 is 5.97 Å². The Morgan fingerprint density at radius 3 is 2.21 bits per heavy atom. The van der Waals surface area contributed by atoms with Crippen LogP contribution in [-0.2, 0) is 10.2 Å². The first-order chi connectivity index (χ1) is 8.88. The van der Waals surface area contributed by atoms with Gasteiger partial charge in [0.05, 0.1) is 5.92 Å². The SMILES string of the molecule is CC(C)(C)c1cnc(N2CCC(C(=O)O)CC2)nc1. The fourth-order valence-electron chi connectivity index (χ4n) is 2.20. The summed E-state index contributed by atoms with van der Waals surface area (Å²) >= 11 is 0. The van der Waals surface area contributed by atoms with Gasteiger partial charge in [-0.15, -0.1) is 0 Å². The van der Waals surface area contributed by atoms with Gasteiger partial charge in [0.25, 0.3) is 0 Å². The van der Waals surface area contributed by atoms with E-state index in [1.165, 1.54) is 0 Å². The molecule has 2 rings (SSSR count). The molecule has 0 bridgehead atoms. The normalized spacial score (nSPS) is 17.5. The Hall–Kier alpha value is -1.65. The molecule has 0 saturated carbocycles. The van der Waals surface area contributed by atoms with Gasteiger partial charge in [-0.2, -0.15) is 0 Å². The maximum atomic E-state index is 10.9. The molecular formula is C14H21N3O2. The number of nitrogens with zero attached hydrogens (tertiary/aromatic N) is 3. The van der Waals surface area contributed by atoms with Crippen LogP contribution in [0.3, 0.4) is 0 Å². The third-order valence-corrected chi connectivity index (χ3v) is 3.63. The second-order valence-corrected chi connectivity index (χ2v) is 6.12. The van der Waals surface area contributed by atoms with Crippen LogP contribution in [0.4, 0.5) is 5.95 Å². The zero-order chi connectivity index (χ0) is 14.0. The summed E-state index contributed by atoms with van der Waals surface area (Å²) in [6, 6.07) is 0. The minimum Gasteiger partial charge on any atom is -0.481 e. The highest BCUT2D eigenvalue weighted by molar-refractivity contribution is 5.70. The van der Waals surface area contributed by atoms with Crippen molar-refractivity contribution in [2.75, 3.05) is 18.0 Å². The summed E-state index contributed by atoms with van der Waals surface area (Å²) in [5, 5.41) is 8.97. The number of piperidine rings is 1. The van der Waals surface area contributed by atoms with E-state index in [4.69, 9.17) is 5.11 Å². The van der Waals surface area contributed by atoms with Crippen molar-refractivity contribution in [3.8, 4) is 0 Å².